The molecule has 35 heavy (non-hydrogen) atoms. The monoisotopic (exact) mass is 502 g/mol. The molecular formula is C26H22N4O3S2. The molecule has 5 rings (SSSR count). The molecule has 1 N–H and O–H groups in total. The predicted molar refractivity (Wildman–Crippen MR) is 140 cm³/mol. The number of carbonyl (C=O) groups excluding carboxylic acids is 2. The number of pyridine rings is 1. The van der Waals surface area contributed by atoms with Gasteiger partial charge in [0.25, 0.3) is 0 Å². The molecule has 0 fully saturated rings. The van der Waals surface area contributed by atoms with Crippen molar-refractivity contribution in [2.75, 3.05) is 5.32 Å². The van der Waals surface area contributed by atoms with E-state index in [-0.39, 0.29) is 6.10 Å². The third-order valence-corrected chi connectivity index (χ3v) is 7.96. The Labute approximate surface area is 210 Å². The van der Waals surface area contributed by atoms with Crippen molar-refractivity contribution in [2.45, 2.75) is 19.4 Å². The number of amides is 1. The number of aldehydes is 1. The van der Waals surface area contributed by atoms with Gasteiger partial charge in [0.05, 0.1) is 11.8 Å². The number of ether oxygens (including phenoxy) is 1. The number of aromatic nitrogens is 3. The summed E-state index contributed by atoms with van der Waals surface area (Å²) in [4.78, 5) is 29.8. The maximum Gasteiger partial charge on any atom is 0.413 e. The van der Waals surface area contributed by atoms with Gasteiger partial charge in [-0.2, -0.15) is 5.10 Å². The van der Waals surface area contributed by atoms with Crippen molar-refractivity contribution in [2.24, 2.45) is 7.05 Å². The van der Waals surface area contributed by atoms with Crippen molar-refractivity contribution in [3.8, 4) is 20.9 Å². The fourth-order valence-electron chi connectivity index (χ4n) is 3.73. The average Bonchev–Trinajstić information content (AvgIpc) is 3.54. The Bertz CT molecular complexity index is 1450. The highest BCUT2D eigenvalue weighted by atomic mass is 32.1. The summed E-state index contributed by atoms with van der Waals surface area (Å²) in [7, 11) is 1.79. The summed E-state index contributed by atoms with van der Waals surface area (Å²) in [5, 5.41) is 7.21. The number of rotatable bonds is 7. The molecule has 0 radical (unpaired) electrons. The molecule has 1 amide bonds. The highest BCUT2D eigenvalue weighted by molar-refractivity contribution is 7.31. The van der Waals surface area contributed by atoms with Crippen molar-refractivity contribution in [1.29, 1.82) is 0 Å². The van der Waals surface area contributed by atoms with Gasteiger partial charge in [-0.3, -0.25) is 15.0 Å². The third kappa shape index (κ3) is 4.87. The van der Waals surface area contributed by atoms with Crippen LogP contribution < -0.4 is 5.32 Å². The van der Waals surface area contributed by atoms with Crippen molar-refractivity contribution in [3.63, 3.8) is 0 Å². The minimum absolute atomic E-state index is 0.323. The molecule has 0 aliphatic heterocycles. The molecule has 1 atom stereocenters. The van der Waals surface area contributed by atoms with E-state index in [2.05, 4.69) is 27.5 Å². The number of aryl methyl sites for hydroxylation is 1. The molecule has 9 heteroatoms. The number of fused-ring (bicyclic) bond motifs is 1. The van der Waals surface area contributed by atoms with Crippen LogP contribution in [0.15, 0.2) is 67.0 Å². The summed E-state index contributed by atoms with van der Waals surface area (Å²) in [6.45, 7) is 1.84. The molecule has 0 aliphatic rings. The van der Waals surface area contributed by atoms with Crippen LogP contribution in [0.4, 0.5) is 10.6 Å². The van der Waals surface area contributed by atoms with Gasteiger partial charge in [0.1, 0.15) is 18.2 Å². The van der Waals surface area contributed by atoms with Gasteiger partial charge in [-0.15, -0.1) is 22.7 Å². The molecule has 176 valence electrons. The zero-order valence-corrected chi connectivity index (χ0v) is 20.7. The van der Waals surface area contributed by atoms with Gasteiger partial charge in [0, 0.05) is 50.1 Å². The smallest absolute Gasteiger partial charge is 0.413 e. The number of nitrogens with one attached hydrogen (secondary N) is 1. The Hall–Kier alpha value is -3.82. The molecule has 0 unspecified atom stereocenters. The lowest BCUT2D eigenvalue weighted by molar-refractivity contribution is -0.107. The van der Waals surface area contributed by atoms with Crippen LogP contribution in [-0.4, -0.2) is 27.1 Å². The second kappa shape index (κ2) is 9.81. The predicted octanol–water partition coefficient (Wildman–Crippen LogP) is 6.48. The number of benzene rings is 1. The number of hydrogen-bond donors (Lipinski definition) is 1. The quantitative estimate of drug-likeness (QED) is 0.258. The molecule has 0 saturated carbocycles. The zero-order valence-electron chi connectivity index (χ0n) is 19.1. The van der Waals surface area contributed by atoms with Crippen LogP contribution in [0.5, 0.6) is 0 Å². The van der Waals surface area contributed by atoms with E-state index in [4.69, 9.17) is 4.74 Å². The first-order valence-corrected chi connectivity index (χ1v) is 12.6. The number of nitrogens with zero attached hydrogens (tertiary/aromatic N) is 3. The van der Waals surface area contributed by atoms with Gasteiger partial charge >= 0.3 is 6.09 Å². The Morgan fingerprint density at radius 1 is 1.09 bits per heavy atom. The van der Waals surface area contributed by atoms with Crippen LogP contribution in [-0.2, 0) is 23.0 Å². The lowest BCUT2D eigenvalue weighted by atomic mass is 10.1. The van der Waals surface area contributed by atoms with Crippen LogP contribution >= 0.6 is 22.7 Å². The van der Waals surface area contributed by atoms with Crippen LogP contribution in [0, 0.1) is 0 Å². The normalized spacial score (nSPS) is 11.9. The first kappa shape index (κ1) is 22.9. The molecule has 5 aromatic rings. The van der Waals surface area contributed by atoms with E-state index in [1.807, 2.05) is 49.4 Å². The van der Waals surface area contributed by atoms with Gasteiger partial charge in [0.15, 0.2) is 0 Å². The third-order valence-electron chi connectivity index (χ3n) is 5.59. The SMILES string of the molecule is C[C@@H](OC(=O)Nc1c(-c2cc3sc(-c4ccc(CC=O)nc4)cc3s2)cnn1C)c1ccccc1. The van der Waals surface area contributed by atoms with E-state index in [9.17, 15) is 9.59 Å². The number of carbonyl (C=O) groups is 2. The Morgan fingerprint density at radius 2 is 1.83 bits per heavy atom. The summed E-state index contributed by atoms with van der Waals surface area (Å²) in [5.41, 5.74) is 3.55. The fraction of sp³-hybridized carbons (Fsp3) is 0.154. The van der Waals surface area contributed by atoms with Crippen LogP contribution in [0.25, 0.3) is 30.3 Å². The highest BCUT2D eigenvalue weighted by Gasteiger charge is 2.19. The summed E-state index contributed by atoms with van der Waals surface area (Å²) >= 11 is 3.32. The zero-order chi connectivity index (χ0) is 24.4. The molecule has 7 nitrogen and oxygen atoms in total. The molecule has 0 aliphatic carbocycles. The van der Waals surface area contributed by atoms with Gasteiger partial charge in [-0.05, 0) is 30.7 Å². The van der Waals surface area contributed by atoms with Crippen LogP contribution in [0.3, 0.4) is 0 Å². The fourth-order valence-corrected chi connectivity index (χ4v) is 6.13. The van der Waals surface area contributed by atoms with E-state index >= 15 is 0 Å². The van der Waals surface area contributed by atoms with Crippen LogP contribution in [0.1, 0.15) is 24.3 Å². The van der Waals surface area contributed by atoms with Gasteiger partial charge in [0.2, 0.25) is 0 Å². The van der Waals surface area contributed by atoms with E-state index in [0.29, 0.717) is 12.2 Å². The van der Waals surface area contributed by atoms with Crippen molar-refractivity contribution in [1.82, 2.24) is 14.8 Å². The summed E-state index contributed by atoms with van der Waals surface area (Å²) in [5.74, 6) is 0.583. The Kier molecular flexibility index (Phi) is 6.43. The molecule has 1 aromatic carbocycles. The molecule has 4 aromatic heterocycles. The van der Waals surface area contributed by atoms with Crippen molar-refractivity contribution < 1.29 is 14.3 Å². The van der Waals surface area contributed by atoms with E-state index < -0.39 is 6.09 Å². The highest BCUT2D eigenvalue weighted by Crippen LogP contribution is 2.43. The maximum atomic E-state index is 12.6. The summed E-state index contributed by atoms with van der Waals surface area (Å²) < 4.78 is 9.50. The van der Waals surface area contributed by atoms with Crippen molar-refractivity contribution >= 4 is 50.3 Å². The second-order valence-electron chi connectivity index (χ2n) is 7.97. The molecule has 0 spiro atoms. The van der Waals surface area contributed by atoms with Crippen molar-refractivity contribution in [3.05, 3.63) is 78.2 Å². The standard InChI is InChI=1S/C26H22N4O3S2/c1-16(17-6-4-3-5-7-17)33-26(32)29-25-20(15-28-30(25)2)22-13-24-23(35-22)12-21(34-24)18-8-9-19(10-11-31)27-14-18/h3-9,11-16H,10H2,1-2H3,(H,29,32)/t16-/m1/s1. The summed E-state index contributed by atoms with van der Waals surface area (Å²) in [6, 6.07) is 17.7. The maximum absolute atomic E-state index is 12.6. The average molecular weight is 503 g/mol. The van der Waals surface area contributed by atoms with Crippen LogP contribution in [0.2, 0.25) is 0 Å². The molecule has 4 heterocycles. The summed E-state index contributed by atoms with van der Waals surface area (Å²) in [6.07, 6.45) is 3.83. The number of anilines is 1. The van der Waals surface area contributed by atoms with Gasteiger partial charge < -0.3 is 9.53 Å². The largest absolute Gasteiger partial charge is 0.441 e. The van der Waals surface area contributed by atoms with Gasteiger partial charge in [-0.25, -0.2) is 4.79 Å². The molecule has 0 bridgehead atoms. The Balaban J connectivity index is 1.34. The van der Waals surface area contributed by atoms with E-state index in [0.717, 1.165) is 47.8 Å². The second-order valence-corrected chi connectivity index (χ2v) is 10.1. The lowest BCUT2D eigenvalue weighted by Crippen LogP contribution is -2.18. The molecular weight excluding hydrogens is 480 g/mol. The topological polar surface area (TPSA) is 86.1 Å². The van der Waals surface area contributed by atoms with E-state index in [1.54, 1.807) is 46.8 Å². The minimum atomic E-state index is -0.530. The Morgan fingerprint density at radius 3 is 2.54 bits per heavy atom. The lowest BCUT2D eigenvalue weighted by Gasteiger charge is -2.14. The molecule has 0 saturated heterocycles. The first-order valence-electron chi connectivity index (χ1n) is 11.0. The first-order chi connectivity index (χ1) is 17.0. The van der Waals surface area contributed by atoms with E-state index in [1.165, 1.54) is 0 Å². The van der Waals surface area contributed by atoms with Gasteiger partial charge in [-0.1, -0.05) is 36.4 Å². The minimum Gasteiger partial charge on any atom is -0.441 e. The number of thiophene rings is 2. The number of hydrogen-bond acceptors (Lipinski definition) is 7.